The van der Waals surface area contributed by atoms with Gasteiger partial charge in [0.15, 0.2) is 0 Å². The molecule has 1 aromatic rings. The van der Waals surface area contributed by atoms with Crippen LogP contribution in [0.4, 0.5) is 0 Å². The van der Waals surface area contributed by atoms with E-state index in [0.717, 1.165) is 18.4 Å². The summed E-state index contributed by atoms with van der Waals surface area (Å²) in [4.78, 5) is 29.5. The number of nitrogens with zero attached hydrogens (tertiary/aromatic N) is 2. The Labute approximate surface area is 117 Å². The van der Waals surface area contributed by atoms with Gasteiger partial charge in [0.05, 0.1) is 19.6 Å². The second kappa shape index (κ2) is 5.20. The number of hydrogen-bond acceptors (Lipinski definition) is 5. The largest absolute Gasteiger partial charge is 0.481 e. The molecule has 6 heteroatoms. The van der Waals surface area contributed by atoms with Crippen LogP contribution in [0.3, 0.4) is 0 Å². The van der Waals surface area contributed by atoms with E-state index in [-0.39, 0.29) is 24.3 Å². The molecule has 1 saturated carbocycles. The molecule has 0 radical (unpaired) electrons. The van der Waals surface area contributed by atoms with E-state index in [0.29, 0.717) is 12.4 Å². The van der Waals surface area contributed by atoms with Crippen LogP contribution in [0, 0.1) is 0 Å². The molecule has 3 rings (SSSR count). The summed E-state index contributed by atoms with van der Waals surface area (Å²) >= 11 is 0. The van der Waals surface area contributed by atoms with E-state index in [2.05, 4.69) is 10.3 Å². The van der Waals surface area contributed by atoms with Crippen LogP contribution >= 0.6 is 0 Å². The Morgan fingerprint density at radius 1 is 1.40 bits per heavy atom. The van der Waals surface area contributed by atoms with E-state index in [1.165, 1.54) is 4.90 Å². The summed E-state index contributed by atoms with van der Waals surface area (Å²) < 4.78 is 4.99. The summed E-state index contributed by atoms with van der Waals surface area (Å²) in [5.41, 5.74) is 0.955. The lowest BCUT2D eigenvalue weighted by Crippen LogP contribution is -2.39. The monoisotopic (exact) mass is 275 g/mol. The molecule has 2 heterocycles. The van der Waals surface area contributed by atoms with Crippen molar-refractivity contribution in [2.75, 3.05) is 7.11 Å². The van der Waals surface area contributed by atoms with Gasteiger partial charge >= 0.3 is 0 Å². The van der Waals surface area contributed by atoms with Crippen molar-refractivity contribution in [1.82, 2.24) is 15.2 Å². The maximum atomic E-state index is 12.1. The first-order valence-electron chi connectivity index (χ1n) is 6.77. The van der Waals surface area contributed by atoms with Crippen molar-refractivity contribution < 1.29 is 14.3 Å². The molecule has 1 unspecified atom stereocenters. The molecule has 1 aliphatic carbocycles. The smallest absolute Gasteiger partial charge is 0.247 e. The van der Waals surface area contributed by atoms with Gasteiger partial charge in [0.1, 0.15) is 0 Å². The standard InChI is InChI=1S/C14H17N3O3/c1-20-12-5-2-9(8-16-12)7-15-11-6-13(18)17(14(11)19)10-3-4-10/h2,5,8,10-11,15H,3-4,6-7H2,1H3. The molecule has 106 valence electrons. The number of aromatic nitrogens is 1. The summed E-state index contributed by atoms with van der Waals surface area (Å²) in [5, 5.41) is 3.14. The van der Waals surface area contributed by atoms with Gasteiger partial charge in [0, 0.05) is 24.8 Å². The Morgan fingerprint density at radius 2 is 2.20 bits per heavy atom. The molecule has 0 bridgehead atoms. The van der Waals surface area contributed by atoms with E-state index in [1.807, 2.05) is 6.07 Å². The van der Waals surface area contributed by atoms with Gasteiger partial charge < -0.3 is 10.1 Å². The molecule has 0 spiro atoms. The van der Waals surface area contributed by atoms with Crippen molar-refractivity contribution in [1.29, 1.82) is 0 Å². The van der Waals surface area contributed by atoms with Crippen LogP contribution in [0.2, 0.25) is 0 Å². The number of ether oxygens (including phenoxy) is 1. The lowest BCUT2D eigenvalue weighted by Gasteiger charge is -2.14. The van der Waals surface area contributed by atoms with Gasteiger partial charge in [-0.2, -0.15) is 0 Å². The Hall–Kier alpha value is -1.95. The number of pyridine rings is 1. The van der Waals surface area contributed by atoms with Crippen molar-refractivity contribution in [2.24, 2.45) is 0 Å². The molecule has 6 nitrogen and oxygen atoms in total. The molecule has 0 aromatic carbocycles. The van der Waals surface area contributed by atoms with Gasteiger partial charge in [0.25, 0.3) is 0 Å². The number of rotatable bonds is 5. The molecular weight excluding hydrogens is 258 g/mol. The van der Waals surface area contributed by atoms with Crippen LogP contribution in [0.25, 0.3) is 0 Å². The van der Waals surface area contributed by atoms with E-state index >= 15 is 0 Å². The third-order valence-electron chi connectivity index (χ3n) is 3.65. The predicted octanol–water partition coefficient (Wildman–Crippen LogP) is 0.470. The van der Waals surface area contributed by atoms with Crippen molar-refractivity contribution in [2.45, 2.75) is 37.9 Å². The van der Waals surface area contributed by atoms with Gasteiger partial charge in [-0.25, -0.2) is 4.98 Å². The molecule has 2 aliphatic rings. The third-order valence-corrected chi connectivity index (χ3v) is 3.65. The minimum Gasteiger partial charge on any atom is -0.481 e. The highest BCUT2D eigenvalue weighted by atomic mass is 16.5. The number of likely N-dealkylation sites (tertiary alicyclic amines) is 1. The fourth-order valence-electron chi connectivity index (χ4n) is 2.40. The van der Waals surface area contributed by atoms with Gasteiger partial charge in [-0.15, -0.1) is 0 Å². The first-order chi connectivity index (χ1) is 9.69. The number of amides is 2. The highest BCUT2D eigenvalue weighted by molar-refractivity contribution is 6.06. The molecule has 2 fully saturated rings. The summed E-state index contributed by atoms with van der Waals surface area (Å²) in [7, 11) is 1.57. The Balaban J connectivity index is 1.58. The molecule has 1 saturated heterocycles. The van der Waals surface area contributed by atoms with Crippen molar-refractivity contribution in [3.8, 4) is 5.88 Å². The molecule has 20 heavy (non-hydrogen) atoms. The second-order valence-electron chi connectivity index (χ2n) is 5.18. The highest BCUT2D eigenvalue weighted by Gasteiger charge is 2.45. The van der Waals surface area contributed by atoms with E-state index in [4.69, 9.17) is 4.74 Å². The SMILES string of the molecule is COc1ccc(CNC2CC(=O)N(C3CC3)C2=O)cn1. The molecule has 1 aromatic heterocycles. The van der Waals surface area contributed by atoms with Crippen LogP contribution < -0.4 is 10.1 Å². The normalized spacial score (nSPS) is 22.4. The zero-order valence-corrected chi connectivity index (χ0v) is 11.3. The second-order valence-corrected chi connectivity index (χ2v) is 5.18. The maximum absolute atomic E-state index is 12.1. The van der Waals surface area contributed by atoms with Crippen molar-refractivity contribution in [3.05, 3.63) is 23.9 Å². The topological polar surface area (TPSA) is 71.5 Å². The van der Waals surface area contributed by atoms with Crippen molar-refractivity contribution in [3.63, 3.8) is 0 Å². The molecular formula is C14H17N3O3. The molecule has 1 N–H and O–H groups in total. The summed E-state index contributed by atoms with van der Waals surface area (Å²) in [6, 6.07) is 3.42. The van der Waals surface area contributed by atoms with Crippen LogP contribution in [0.15, 0.2) is 18.3 Å². The zero-order valence-electron chi connectivity index (χ0n) is 11.3. The average Bonchev–Trinajstić information content (AvgIpc) is 3.24. The third kappa shape index (κ3) is 2.51. The summed E-state index contributed by atoms with van der Waals surface area (Å²) in [6.45, 7) is 0.513. The van der Waals surface area contributed by atoms with Gasteiger partial charge in [0.2, 0.25) is 17.7 Å². The summed E-state index contributed by atoms with van der Waals surface area (Å²) in [6.07, 6.45) is 3.86. The van der Waals surface area contributed by atoms with Gasteiger partial charge in [-0.3, -0.25) is 14.5 Å². The average molecular weight is 275 g/mol. The number of carbonyl (C=O) groups excluding carboxylic acids is 2. The number of hydrogen-bond donors (Lipinski definition) is 1. The molecule has 1 aliphatic heterocycles. The highest BCUT2D eigenvalue weighted by Crippen LogP contribution is 2.31. The maximum Gasteiger partial charge on any atom is 0.247 e. The minimum absolute atomic E-state index is 0.0529. The Morgan fingerprint density at radius 3 is 2.80 bits per heavy atom. The molecule has 2 amide bonds. The lowest BCUT2D eigenvalue weighted by atomic mass is 10.2. The number of imide groups is 1. The van der Waals surface area contributed by atoms with Crippen LogP contribution in [-0.2, 0) is 16.1 Å². The molecule has 1 atom stereocenters. The van der Waals surface area contributed by atoms with E-state index in [9.17, 15) is 9.59 Å². The van der Waals surface area contributed by atoms with Crippen LogP contribution in [0.1, 0.15) is 24.8 Å². The van der Waals surface area contributed by atoms with Gasteiger partial charge in [-0.05, 0) is 18.4 Å². The minimum atomic E-state index is -0.398. The van der Waals surface area contributed by atoms with Crippen LogP contribution in [0.5, 0.6) is 5.88 Å². The lowest BCUT2D eigenvalue weighted by molar-refractivity contribution is -0.139. The van der Waals surface area contributed by atoms with Crippen LogP contribution in [-0.4, -0.2) is 40.9 Å². The summed E-state index contributed by atoms with van der Waals surface area (Å²) in [5.74, 6) is 0.419. The van der Waals surface area contributed by atoms with Crippen molar-refractivity contribution >= 4 is 11.8 Å². The Kier molecular flexibility index (Phi) is 3.40. The number of nitrogens with one attached hydrogen (secondary N) is 1. The van der Waals surface area contributed by atoms with E-state index in [1.54, 1.807) is 19.4 Å². The zero-order chi connectivity index (χ0) is 14.1. The van der Waals surface area contributed by atoms with Gasteiger partial charge in [-0.1, -0.05) is 6.07 Å². The number of methoxy groups -OCH3 is 1. The predicted molar refractivity (Wildman–Crippen MR) is 70.9 cm³/mol. The van der Waals surface area contributed by atoms with E-state index < -0.39 is 6.04 Å². The Bertz CT molecular complexity index is 525. The quantitative estimate of drug-likeness (QED) is 0.791. The number of carbonyl (C=O) groups is 2. The first kappa shape index (κ1) is 13.1. The fraction of sp³-hybridized carbons (Fsp3) is 0.500. The first-order valence-corrected chi connectivity index (χ1v) is 6.77. The fourth-order valence-corrected chi connectivity index (χ4v) is 2.40.